The van der Waals surface area contributed by atoms with Crippen molar-refractivity contribution >= 4 is 17.8 Å². The number of likely N-dealkylation sites (tertiary alicyclic amines) is 1. The molecule has 164 valence electrons. The lowest BCUT2D eigenvalue weighted by Gasteiger charge is -2.28. The van der Waals surface area contributed by atoms with E-state index in [9.17, 15) is 14.4 Å². The number of ether oxygens (including phenoxy) is 2. The first-order valence-corrected chi connectivity index (χ1v) is 10.4. The van der Waals surface area contributed by atoms with Gasteiger partial charge >= 0.3 is 5.97 Å². The smallest absolute Gasteiger partial charge is 0.329 e. The van der Waals surface area contributed by atoms with Crippen LogP contribution in [0.25, 0.3) is 0 Å². The van der Waals surface area contributed by atoms with Gasteiger partial charge in [0.05, 0.1) is 7.11 Å². The van der Waals surface area contributed by atoms with Gasteiger partial charge in [0.25, 0.3) is 0 Å². The van der Waals surface area contributed by atoms with Gasteiger partial charge in [0.15, 0.2) is 0 Å². The van der Waals surface area contributed by atoms with E-state index < -0.39 is 18.1 Å². The van der Waals surface area contributed by atoms with Crippen molar-refractivity contribution in [3.63, 3.8) is 0 Å². The number of carbonyl (C=O) groups excluding carboxylic acids is 3. The Morgan fingerprint density at radius 3 is 2.42 bits per heavy atom. The molecule has 0 radical (unpaired) electrons. The van der Waals surface area contributed by atoms with Gasteiger partial charge in [-0.25, -0.2) is 4.79 Å². The molecule has 2 aromatic carbocycles. The number of rotatable bonds is 8. The maximum atomic E-state index is 13.3. The standard InChI is InChI=1S/C24H28N2O5/c1-17(27)25-21(15-18-10-12-20(30-2)13-11-18)23(28)26-14-6-9-22(26)24(29)31-16-19-7-4-3-5-8-19/h3-5,7-8,10-13,21-22H,6,9,14-16H2,1-2H3,(H,25,27)/t21-,22+/m1/s1. The molecule has 0 aromatic heterocycles. The monoisotopic (exact) mass is 424 g/mol. The largest absolute Gasteiger partial charge is 0.497 e. The first kappa shape index (κ1) is 22.3. The quantitative estimate of drug-likeness (QED) is 0.658. The molecule has 0 aliphatic carbocycles. The molecule has 1 saturated heterocycles. The van der Waals surface area contributed by atoms with Crippen LogP contribution in [0, 0.1) is 0 Å². The molecule has 1 heterocycles. The van der Waals surface area contributed by atoms with Crippen LogP contribution in [0.3, 0.4) is 0 Å². The number of nitrogens with zero attached hydrogens (tertiary/aromatic N) is 1. The van der Waals surface area contributed by atoms with Gasteiger partial charge in [-0.1, -0.05) is 42.5 Å². The van der Waals surface area contributed by atoms with Crippen LogP contribution in [0.15, 0.2) is 54.6 Å². The van der Waals surface area contributed by atoms with Crippen molar-refractivity contribution in [3.8, 4) is 5.75 Å². The average Bonchev–Trinajstić information content (AvgIpc) is 3.27. The zero-order chi connectivity index (χ0) is 22.2. The predicted octanol–water partition coefficient (Wildman–Crippen LogP) is 2.48. The van der Waals surface area contributed by atoms with E-state index in [4.69, 9.17) is 9.47 Å². The molecular formula is C24H28N2O5. The summed E-state index contributed by atoms with van der Waals surface area (Å²) in [6.07, 6.45) is 1.59. The number of amides is 2. The Morgan fingerprint density at radius 2 is 1.77 bits per heavy atom. The van der Waals surface area contributed by atoms with E-state index in [1.54, 1.807) is 7.11 Å². The molecule has 7 nitrogen and oxygen atoms in total. The lowest BCUT2D eigenvalue weighted by Crippen LogP contribution is -2.52. The second-order valence-electron chi connectivity index (χ2n) is 7.59. The normalized spacial score (nSPS) is 16.5. The highest BCUT2D eigenvalue weighted by Gasteiger charge is 2.38. The Balaban J connectivity index is 1.67. The fraction of sp³-hybridized carbons (Fsp3) is 0.375. The highest BCUT2D eigenvalue weighted by atomic mass is 16.5. The second kappa shape index (κ2) is 10.6. The molecule has 2 amide bonds. The van der Waals surface area contributed by atoms with Crippen LogP contribution in [0.4, 0.5) is 0 Å². The van der Waals surface area contributed by atoms with Crippen molar-refractivity contribution in [2.45, 2.75) is 44.9 Å². The van der Waals surface area contributed by atoms with Crippen molar-refractivity contribution < 1.29 is 23.9 Å². The third-order valence-electron chi connectivity index (χ3n) is 5.31. The fourth-order valence-corrected chi connectivity index (χ4v) is 3.74. The van der Waals surface area contributed by atoms with Gasteiger partial charge in [-0.3, -0.25) is 9.59 Å². The average molecular weight is 424 g/mol. The van der Waals surface area contributed by atoms with Crippen molar-refractivity contribution in [1.82, 2.24) is 10.2 Å². The third-order valence-corrected chi connectivity index (χ3v) is 5.31. The van der Waals surface area contributed by atoms with Crippen LogP contribution in [0.5, 0.6) is 5.75 Å². The molecule has 1 N–H and O–H groups in total. The van der Waals surface area contributed by atoms with Gasteiger partial charge in [0.1, 0.15) is 24.4 Å². The number of carbonyl (C=O) groups is 3. The Morgan fingerprint density at radius 1 is 1.06 bits per heavy atom. The summed E-state index contributed by atoms with van der Waals surface area (Å²) in [5.41, 5.74) is 1.78. The molecule has 31 heavy (non-hydrogen) atoms. The van der Waals surface area contributed by atoms with Gasteiger partial charge in [-0.15, -0.1) is 0 Å². The molecule has 2 aromatic rings. The van der Waals surface area contributed by atoms with E-state index in [0.717, 1.165) is 11.1 Å². The summed E-state index contributed by atoms with van der Waals surface area (Å²) in [6, 6.07) is 15.4. The summed E-state index contributed by atoms with van der Waals surface area (Å²) in [5.74, 6) is -0.271. The van der Waals surface area contributed by atoms with E-state index in [1.165, 1.54) is 11.8 Å². The van der Waals surface area contributed by atoms with Gasteiger partial charge in [-0.2, -0.15) is 0 Å². The maximum absolute atomic E-state index is 13.3. The van der Waals surface area contributed by atoms with Crippen LogP contribution < -0.4 is 10.1 Å². The van der Waals surface area contributed by atoms with E-state index in [2.05, 4.69) is 5.32 Å². The number of benzene rings is 2. The Hall–Kier alpha value is -3.35. The predicted molar refractivity (Wildman–Crippen MR) is 115 cm³/mol. The van der Waals surface area contributed by atoms with E-state index >= 15 is 0 Å². The lowest BCUT2D eigenvalue weighted by molar-refractivity contribution is -0.155. The lowest BCUT2D eigenvalue weighted by atomic mass is 10.0. The molecule has 1 aliphatic heterocycles. The third kappa shape index (κ3) is 6.07. The van der Waals surface area contributed by atoms with Crippen molar-refractivity contribution in [2.75, 3.05) is 13.7 Å². The summed E-state index contributed by atoms with van der Waals surface area (Å²) in [5, 5.41) is 2.74. The molecule has 3 rings (SSSR count). The molecule has 1 aliphatic rings. The molecule has 0 saturated carbocycles. The zero-order valence-corrected chi connectivity index (χ0v) is 17.9. The van der Waals surface area contributed by atoms with Crippen molar-refractivity contribution in [3.05, 3.63) is 65.7 Å². The second-order valence-corrected chi connectivity index (χ2v) is 7.59. The number of esters is 1. The van der Waals surface area contributed by atoms with E-state index in [0.29, 0.717) is 31.6 Å². The van der Waals surface area contributed by atoms with Crippen molar-refractivity contribution in [1.29, 1.82) is 0 Å². The Bertz CT molecular complexity index is 898. The highest BCUT2D eigenvalue weighted by Crippen LogP contribution is 2.22. The maximum Gasteiger partial charge on any atom is 0.329 e. The minimum atomic E-state index is -0.756. The molecule has 0 spiro atoms. The topological polar surface area (TPSA) is 84.9 Å². The number of nitrogens with one attached hydrogen (secondary N) is 1. The summed E-state index contributed by atoms with van der Waals surface area (Å²) < 4.78 is 10.6. The Labute approximate surface area is 182 Å². The Kier molecular flexibility index (Phi) is 7.65. The zero-order valence-electron chi connectivity index (χ0n) is 17.9. The van der Waals surface area contributed by atoms with Crippen molar-refractivity contribution in [2.24, 2.45) is 0 Å². The number of hydrogen-bond acceptors (Lipinski definition) is 5. The fourth-order valence-electron chi connectivity index (χ4n) is 3.74. The number of hydrogen-bond donors (Lipinski definition) is 1. The first-order valence-electron chi connectivity index (χ1n) is 10.4. The molecule has 0 bridgehead atoms. The van der Waals surface area contributed by atoms with Crippen LogP contribution >= 0.6 is 0 Å². The highest BCUT2D eigenvalue weighted by molar-refractivity contribution is 5.91. The summed E-state index contributed by atoms with van der Waals surface area (Å²) in [4.78, 5) is 39.3. The summed E-state index contributed by atoms with van der Waals surface area (Å²) in [7, 11) is 1.59. The molecule has 1 fully saturated rings. The van der Waals surface area contributed by atoms with Crippen LogP contribution in [0.2, 0.25) is 0 Å². The minimum Gasteiger partial charge on any atom is -0.497 e. The SMILES string of the molecule is COc1ccc(C[C@@H](NC(C)=O)C(=O)N2CCC[C@H]2C(=O)OCc2ccccc2)cc1. The van der Waals surface area contributed by atoms with E-state index in [-0.39, 0.29) is 18.4 Å². The minimum absolute atomic E-state index is 0.166. The van der Waals surface area contributed by atoms with E-state index in [1.807, 2.05) is 54.6 Å². The van der Waals surface area contributed by atoms with Crippen LogP contribution in [-0.2, 0) is 32.1 Å². The van der Waals surface area contributed by atoms with Crippen LogP contribution in [0.1, 0.15) is 30.9 Å². The number of methoxy groups -OCH3 is 1. The molecule has 2 atom stereocenters. The van der Waals surface area contributed by atoms with Gasteiger partial charge in [-0.05, 0) is 36.1 Å². The van der Waals surface area contributed by atoms with Gasteiger partial charge in [0, 0.05) is 19.9 Å². The van der Waals surface area contributed by atoms with Gasteiger partial charge in [0.2, 0.25) is 11.8 Å². The molecule has 7 heteroatoms. The molecular weight excluding hydrogens is 396 g/mol. The molecule has 0 unspecified atom stereocenters. The summed E-state index contributed by atoms with van der Waals surface area (Å²) in [6.45, 7) is 2.01. The van der Waals surface area contributed by atoms with Gasteiger partial charge < -0.3 is 19.7 Å². The first-order chi connectivity index (χ1) is 15.0. The van der Waals surface area contributed by atoms with Crippen LogP contribution in [-0.4, -0.2) is 48.4 Å². The summed E-state index contributed by atoms with van der Waals surface area (Å²) >= 11 is 0.